The van der Waals surface area contributed by atoms with E-state index in [0.29, 0.717) is 4.47 Å². The number of sulfonamides is 1. The van der Waals surface area contributed by atoms with Gasteiger partial charge in [-0.15, -0.1) is 0 Å². The highest BCUT2D eigenvalue weighted by molar-refractivity contribution is 9.10. The molecule has 8 heteroatoms. The van der Waals surface area contributed by atoms with Crippen molar-refractivity contribution in [2.45, 2.75) is 4.90 Å². The van der Waals surface area contributed by atoms with Crippen molar-refractivity contribution in [2.24, 2.45) is 0 Å². The highest BCUT2D eigenvalue weighted by Gasteiger charge is 2.17. The minimum Gasteiger partial charge on any atom is -0.396 e. The van der Waals surface area contributed by atoms with Gasteiger partial charge < -0.3 is 5.73 Å². The Balaban J connectivity index is 2.42. The molecule has 2 aromatic rings. The molecule has 0 aliphatic rings. The molecule has 0 unspecified atom stereocenters. The van der Waals surface area contributed by atoms with E-state index in [1.54, 1.807) is 6.07 Å². The first-order valence-electron chi connectivity index (χ1n) is 5.61. The van der Waals surface area contributed by atoms with E-state index in [1.807, 2.05) is 6.07 Å². The first-order valence-corrected chi connectivity index (χ1v) is 7.88. The molecule has 21 heavy (non-hydrogen) atoms. The molecule has 0 radical (unpaired) electrons. The number of nitrogen functional groups attached to an aromatic ring is 1. The van der Waals surface area contributed by atoms with E-state index in [9.17, 15) is 12.8 Å². The van der Waals surface area contributed by atoms with Crippen LogP contribution in [0.4, 0.5) is 15.8 Å². The lowest BCUT2D eigenvalue weighted by atomic mass is 10.2. The van der Waals surface area contributed by atoms with Crippen molar-refractivity contribution in [2.75, 3.05) is 10.5 Å². The Kier molecular flexibility index (Phi) is 4.16. The third-order valence-electron chi connectivity index (χ3n) is 2.63. The number of nitrogens with one attached hydrogen (secondary N) is 1. The van der Waals surface area contributed by atoms with Gasteiger partial charge in [0.25, 0.3) is 10.0 Å². The van der Waals surface area contributed by atoms with Gasteiger partial charge in [0, 0.05) is 4.47 Å². The molecule has 0 spiro atoms. The average molecular weight is 370 g/mol. The third kappa shape index (κ3) is 3.32. The van der Waals surface area contributed by atoms with Gasteiger partial charge in [-0.25, -0.2) is 12.8 Å². The highest BCUT2D eigenvalue weighted by atomic mass is 79.9. The minimum absolute atomic E-state index is 0.109. The molecule has 0 aliphatic heterocycles. The zero-order valence-electron chi connectivity index (χ0n) is 10.5. The van der Waals surface area contributed by atoms with Crippen molar-refractivity contribution in [3.05, 3.63) is 52.3 Å². The zero-order valence-corrected chi connectivity index (χ0v) is 12.9. The van der Waals surface area contributed by atoms with Crippen LogP contribution in [0.3, 0.4) is 0 Å². The molecule has 0 aromatic heterocycles. The Hall–Kier alpha value is -2.11. The molecule has 0 atom stereocenters. The molecule has 2 rings (SSSR count). The van der Waals surface area contributed by atoms with Gasteiger partial charge in [-0.3, -0.25) is 4.72 Å². The molecular formula is C13H9BrFN3O2S. The smallest absolute Gasteiger partial charge is 0.262 e. The van der Waals surface area contributed by atoms with Gasteiger partial charge in [-0.2, -0.15) is 5.26 Å². The zero-order chi connectivity index (χ0) is 15.6. The lowest BCUT2D eigenvalue weighted by Gasteiger charge is -2.10. The van der Waals surface area contributed by atoms with Crippen LogP contribution < -0.4 is 10.5 Å². The summed E-state index contributed by atoms with van der Waals surface area (Å²) in [6, 6.07) is 9.55. The van der Waals surface area contributed by atoms with E-state index >= 15 is 0 Å². The molecule has 0 amide bonds. The number of nitrogens with two attached hydrogens (primary N) is 1. The van der Waals surface area contributed by atoms with Crippen molar-refractivity contribution in [3.8, 4) is 6.07 Å². The van der Waals surface area contributed by atoms with Gasteiger partial charge >= 0.3 is 0 Å². The number of anilines is 2. The SMILES string of the molecule is N#Cc1cc(Br)ccc1NS(=O)(=O)c1ccc(N)c(F)c1. The maximum atomic E-state index is 13.4. The number of nitriles is 1. The van der Waals surface area contributed by atoms with Gasteiger partial charge in [-0.05, 0) is 36.4 Å². The van der Waals surface area contributed by atoms with Crippen molar-refractivity contribution < 1.29 is 12.8 Å². The van der Waals surface area contributed by atoms with Gasteiger partial charge in [0.2, 0.25) is 0 Å². The molecule has 0 fully saturated rings. The van der Waals surface area contributed by atoms with Crippen LogP contribution in [0.5, 0.6) is 0 Å². The molecular weight excluding hydrogens is 361 g/mol. The number of hydrogen-bond donors (Lipinski definition) is 2. The first kappa shape index (κ1) is 15.3. The van der Waals surface area contributed by atoms with Crippen LogP contribution in [0.1, 0.15) is 5.56 Å². The predicted molar refractivity (Wildman–Crippen MR) is 80.5 cm³/mol. The second-order valence-electron chi connectivity index (χ2n) is 4.09. The van der Waals surface area contributed by atoms with E-state index in [-0.39, 0.29) is 21.8 Å². The van der Waals surface area contributed by atoms with E-state index < -0.39 is 15.8 Å². The van der Waals surface area contributed by atoms with Crippen molar-refractivity contribution in [1.29, 1.82) is 5.26 Å². The van der Waals surface area contributed by atoms with Crippen LogP contribution in [0.25, 0.3) is 0 Å². The summed E-state index contributed by atoms with van der Waals surface area (Å²) < 4.78 is 40.6. The van der Waals surface area contributed by atoms with E-state index in [4.69, 9.17) is 11.0 Å². The number of nitrogens with zero attached hydrogens (tertiary/aromatic N) is 1. The largest absolute Gasteiger partial charge is 0.396 e. The topological polar surface area (TPSA) is 96.0 Å². The normalized spacial score (nSPS) is 10.9. The summed E-state index contributed by atoms with van der Waals surface area (Å²) >= 11 is 3.19. The lowest BCUT2D eigenvalue weighted by Crippen LogP contribution is -2.14. The summed E-state index contributed by atoms with van der Waals surface area (Å²) in [5.41, 5.74) is 5.42. The molecule has 5 nitrogen and oxygen atoms in total. The Morgan fingerprint density at radius 3 is 2.57 bits per heavy atom. The van der Waals surface area contributed by atoms with Crippen molar-refractivity contribution in [1.82, 2.24) is 0 Å². The van der Waals surface area contributed by atoms with Gasteiger partial charge in [0.15, 0.2) is 0 Å². The highest BCUT2D eigenvalue weighted by Crippen LogP contribution is 2.24. The Morgan fingerprint density at radius 2 is 1.95 bits per heavy atom. The summed E-state index contributed by atoms with van der Waals surface area (Å²) in [7, 11) is -4.01. The molecule has 0 aliphatic carbocycles. The summed E-state index contributed by atoms with van der Waals surface area (Å²) in [6.07, 6.45) is 0. The van der Waals surface area contributed by atoms with Gasteiger partial charge in [0.1, 0.15) is 11.9 Å². The monoisotopic (exact) mass is 369 g/mol. The number of halogens is 2. The van der Waals surface area contributed by atoms with E-state index in [2.05, 4.69) is 20.7 Å². The quantitative estimate of drug-likeness (QED) is 0.812. The van der Waals surface area contributed by atoms with Crippen molar-refractivity contribution >= 4 is 37.3 Å². The number of hydrogen-bond acceptors (Lipinski definition) is 4. The van der Waals surface area contributed by atoms with Gasteiger partial charge in [-0.1, -0.05) is 15.9 Å². The number of benzene rings is 2. The molecule has 2 aromatic carbocycles. The van der Waals surface area contributed by atoms with Crippen molar-refractivity contribution in [3.63, 3.8) is 0 Å². The predicted octanol–water partition coefficient (Wildman–Crippen LogP) is 2.84. The average Bonchev–Trinajstić information content (AvgIpc) is 2.43. The molecule has 0 saturated carbocycles. The fraction of sp³-hybridized carbons (Fsp3) is 0. The Labute approximate surface area is 129 Å². The van der Waals surface area contributed by atoms with Crippen LogP contribution in [-0.2, 0) is 10.0 Å². The molecule has 0 saturated heterocycles. The lowest BCUT2D eigenvalue weighted by molar-refractivity contribution is 0.596. The van der Waals surface area contributed by atoms with E-state index in [0.717, 1.165) is 12.1 Å². The molecule has 0 bridgehead atoms. The second kappa shape index (κ2) is 5.71. The Morgan fingerprint density at radius 1 is 1.24 bits per heavy atom. The fourth-order valence-corrected chi connectivity index (χ4v) is 3.03. The van der Waals surface area contributed by atoms with Gasteiger partial charge in [0.05, 0.1) is 21.8 Å². The Bertz CT molecular complexity index is 847. The summed E-state index contributed by atoms with van der Waals surface area (Å²) in [5.74, 6) is -0.825. The minimum atomic E-state index is -4.01. The summed E-state index contributed by atoms with van der Waals surface area (Å²) in [5, 5.41) is 9.01. The fourth-order valence-electron chi connectivity index (χ4n) is 1.58. The number of rotatable bonds is 3. The molecule has 108 valence electrons. The first-order chi connectivity index (χ1) is 9.83. The summed E-state index contributed by atoms with van der Waals surface area (Å²) in [4.78, 5) is -0.277. The maximum absolute atomic E-state index is 13.4. The summed E-state index contributed by atoms with van der Waals surface area (Å²) in [6.45, 7) is 0. The van der Waals surface area contributed by atoms with E-state index in [1.165, 1.54) is 18.2 Å². The van der Waals surface area contributed by atoms with Crippen LogP contribution in [0, 0.1) is 17.1 Å². The molecule has 0 heterocycles. The van der Waals surface area contributed by atoms with Crippen LogP contribution >= 0.6 is 15.9 Å². The van der Waals surface area contributed by atoms with Crippen LogP contribution in [-0.4, -0.2) is 8.42 Å². The second-order valence-corrected chi connectivity index (χ2v) is 6.69. The maximum Gasteiger partial charge on any atom is 0.262 e. The van der Waals surface area contributed by atoms with Crippen LogP contribution in [0.2, 0.25) is 0 Å². The van der Waals surface area contributed by atoms with Crippen LogP contribution in [0.15, 0.2) is 45.8 Å². The third-order valence-corrected chi connectivity index (χ3v) is 4.49. The molecule has 3 N–H and O–H groups in total. The standard InChI is InChI=1S/C13H9BrFN3O2S/c14-9-1-4-13(8(5-9)7-16)18-21(19,20)10-2-3-12(17)11(15)6-10/h1-6,18H,17H2.